The van der Waals surface area contributed by atoms with Crippen LogP contribution in [-0.4, -0.2) is 30.2 Å². The third-order valence-corrected chi connectivity index (χ3v) is 7.70. The number of nitrogens with zero attached hydrogens (tertiary/aromatic N) is 2. The maximum Gasteiger partial charge on any atom is 0.417 e. The van der Waals surface area contributed by atoms with Gasteiger partial charge in [0.15, 0.2) is 0 Å². The molecule has 186 valence electrons. The Morgan fingerprint density at radius 3 is 2.49 bits per heavy atom. The van der Waals surface area contributed by atoms with Gasteiger partial charge in [-0.15, -0.1) is 0 Å². The summed E-state index contributed by atoms with van der Waals surface area (Å²) in [5, 5.41) is 10.9. The van der Waals surface area contributed by atoms with Crippen LogP contribution >= 0.6 is 0 Å². The van der Waals surface area contributed by atoms with E-state index >= 15 is 0 Å². The van der Waals surface area contributed by atoms with Crippen molar-refractivity contribution >= 4 is 16.0 Å². The van der Waals surface area contributed by atoms with E-state index in [1.165, 1.54) is 6.07 Å². The van der Waals surface area contributed by atoms with E-state index < -0.39 is 45.1 Å². The molecular weight excluding hydrogens is 481 g/mol. The maximum atomic E-state index is 13.6. The monoisotopic (exact) mass is 505 g/mol. The number of carbonyl (C=O) groups excluding carboxylic acids is 1. The molecule has 6 nitrogen and oxygen atoms in total. The highest BCUT2D eigenvalue weighted by Gasteiger charge is 2.40. The van der Waals surface area contributed by atoms with Crippen molar-refractivity contribution in [1.82, 2.24) is 9.29 Å². The number of carboxylic acids is 1. The van der Waals surface area contributed by atoms with E-state index in [0.717, 1.165) is 33.1 Å². The molecule has 3 aromatic rings. The van der Waals surface area contributed by atoms with E-state index in [1.54, 1.807) is 37.5 Å². The number of aryl methyl sites for hydroxylation is 1. The van der Waals surface area contributed by atoms with Crippen molar-refractivity contribution < 1.29 is 31.5 Å². The number of carbonyl (C=O) groups is 1. The largest absolute Gasteiger partial charge is 0.550 e. The molecule has 35 heavy (non-hydrogen) atoms. The summed E-state index contributed by atoms with van der Waals surface area (Å²) >= 11 is 0. The van der Waals surface area contributed by atoms with Crippen molar-refractivity contribution in [3.63, 3.8) is 0 Å². The van der Waals surface area contributed by atoms with Crippen LogP contribution in [0.5, 0.6) is 0 Å². The van der Waals surface area contributed by atoms with E-state index in [0.29, 0.717) is 11.6 Å². The van der Waals surface area contributed by atoms with E-state index in [-0.39, 0.29) is 13.0 Å². The Bertz CT molecular complexity index is 1310. The molecule has 0 saturated carbocycles. The normalized spacial score (nSPS) is 13.1. The Morgan fingerprint density at radius 1 is 1.11 bits per heavy atom. The molecule has 0 amide bonds. The molecule has 1 unspecified atom stereocenters. The van der Waals surface area contributed by atoms with Gasteiger partial charge in [-0.05, 0) is 73.2 Å². The fraction of sp³-hybridized carbons (Fsp3) is 0.280. The van der Waals surface area contributed by atoms with Gasteiger partial charge in [-0.25, -0.2) is 8.42 Å². The molecule has 0 aliphatic carbocycles. The molecule has 2 aromatic carbocycles. The summed E-state index contributed by atoms with van der Waals surface area (Å²) in [7, 11) is -4.66. The highest BCUT2D eigenvalue weighted by molar-refractivity contribution is 7.89. The van der Waals surface area contributed by atoms with E-state index in [9.17, 15) is 31.5 Å². The third-order valence-electron chi connectivity index (χ3n) is 5.67. The Kier molecular flexibility index (Phi) is 7.97. The predicted molar refractivity (Wildman–Crippen MR) is 122 cm³/mol. The van der Waals surface area contributed by atoms with Crippen molar-refractivity contribution in [2.75, 3.05) is 6.54 Å². The number of aliphatic carboxylic acids is 1. The first-order chi connectivity index (χ1) is 16.4. The Balaban J connectivity index is 2.08. The topological polar surface area (TPSA) is 90.4 Å². The van der Waals surface area contributed by atoms with Gasteiger partial charge in [-0.1, -0.05) is 30.3 Å². The number of hydrogen-bond donors (Lipinski definition) is 0. The van der Waals surface area contributed by atoms with Gasteiger partial charge in [0, 0.05) is 30.9 Å². The second kappa shape index (κ2) is 10.6. The lowest BCUT2D eigenvalue weighted by molar-refractivity contribution is -0.305. The average Bonchev–Trinajstić information content (AvgIpc) is 2.81. The molecule has 0 N–H and O–H groups in total. The Labute approximate surface area is 202 Å². The first kappa shape index (κ1) is 26.4. The summed E-state index contributed by atoms with van der Waals surface area (Å²) < 4.78 is 68.9. The number of pyridine rings is 1. The highest BCUT2D eigenvalue weighted by atomic mass is 32.2. The number of alkyl halides is 3. The molecular formula is C25H24F3N2O4S-. The van der Waals surface area contributed by atoms with E-state index in [4.69, 9.17) is 0 Å². The summed E-state index contributed by atoms with van der Waals surface area (Å²) in [6.07, 6.45) is -2.12. The third kappa shape index (κ3) is 6.07. The van der Waals surface area contributed by atoms with Crippen LogP contribution in [0, 0.1) is 6.92 Å². The fourth-order valence-corrected chi connectivity index (χ4v) is 5.76. The molecule has 10 heteroatoms. The van der Waals surface area contributed by atoms with Crippen LogP contribution in [0.2, 0.25) is 0 Å². The zero-order valence-electron chi connectivity index (χ0n) is 19.1. The minimum Gasteiger partial charge on any atom is -0.550 e. The van der Waals surface area contributed by atoms with Gasteiger partial charge in [-0.2, -0.15) is 17.5 Å². The highest BCUT2D eigenvalue weighted by Crippen LogP contribution is 2.38. The summed E-state index contributed by atoms with van der Waals surface area (Å²) in [6, 6.07) is 11.9. The van der Waals surface area contributed by atoms with Gasteiger partial charge in [0.2, 0.25) is 10.0 Å². The number of carboxylic acid groups (broad SMARTS) is 1. The average molecular weight is 506 g/mol. The zero-order valence-corrected chi connectivity index (χ0v) is 19.9. The Hall–Kier alpha value is -3.24. The maximum absolute atomic E-state index is 13.6. The van der Waals surface area contributed by atoms with Gasteiger partial charge in [0.1, 0.15) is 0 Å². The minimum absolute atomic E-state index is 0.122. The molecule has 0 radical (unpaired) electrons. The summed E-state index contributed by atoms with van der Waals surface area (Å²) in [5.41, 5.74) is 1.83. The number of rotatable bonds is 9. The minimum atomic E-state index is -4.89. The lowest BCUT2D eigenvalue weighted by Crippen LogP contribution is -2.36. The summed E-state index contributed by atoms with van der Waals surface area (Å²) in [4.78, 5) is 14.1. The first-order valence-corrected chi connectivity index (χ1v) is 12.3. The molecule has 0 saturated heterocycles. The van der Waals surface area contributed by atoms with Crippen LogP contribution in [0.4, 0.5) is 13.2 Å². The quantitative estimate of drug-likeness (QED) is 0.431. The van der Waals surface area contributed by atoms with Crippen molar-refractivity contribution in [2.24, 2.45) is 0 Å². The number of hydrogen-bond acceptors (Lipinski definition) is 5. The van der Waals surface area contributed by atoms with Gasteiger partial charge in [0.05, 0.1) is 10.5 Å². The van der Waals surface area contributed by atoms with Crippen LogP contribution < -0.4 is 5.11 Å². The Morgan fingerprint density at radius 2 is 1.83 bits per heavy atom. The summed E-state index contributed by atoms with van der Waals surface area (Å²) in [5.74, 6) is -1.37. The van der Waals surface area contributed by atoms with Gasteiger partial charge in [-0.3, -0.25) is 4.98 Å². The number of halogens is 3. The van der Waals surface area contributed by atoms with Crippen molar-refractivity contribution in [3.8, 4) is 11.1 Å². The van der Waals surface area contributed by atoms with Crippen LogP contribution in [0.1, 0.15) is 42.5 Å². The summed E-state index contributed by atoms with van der Waals surface area (Å²) in [6.45, 7) is 3.14. The van der Waals surface area contributed by atoms with E-state index in [2.05, 4.69) is 4.98 Å². The van der Waals surface area contributed by atoms with Crippen molar-refractivity contribution in [3.05, 3.63) is 83.7 Å². The molecule has 1 aromatic heterocycles. The lowest BCUT2D eigenvalue weighted by Gasteiger charge is -2.30. The van der Waals surface area contributed by atoms with Crippen LogP contribution in [-0.2, 0) is 21.0 Å². The number of benzene rings is 2. The molecule has 1 heterocycles. The molecule has 0 spiro atoms. The molecule has 0 aliphatic rings. The fourth-order valence-electron chi connectivity index (χ4n) is 3.88. The van der Waals surface area contributed by atoms with Gasteiger partial charge >= 0.3 is 6.18 Å². The molecule has 3 rings (SSSR count). The second-order valence-corrected chi connectivity index (χ2v) is 9.94. The van der Waals surface area contributed by atoms with Crippen LogP contribution in [0.25, 0.3) is 11.1 Å². The van der Waals surface area contributed by atoms with Crippen molar-refractivity contribution in [2.45, 2.75) is 43.8 Å². The second-order valence-electron chi connectivity index (χ2n) is 8.08. The van der Waals surface area contributed by atoms with Gasteiger partial charge in [0.25, 0.3) is 0 Å². The standard InChI is InChI=1S/C25H25F3N2O4S/c1-17-16-29-13-12-21(17)20-8-5-7-19(15-20)18(2)30(14-6-11-24(31)32)35(33,34)23-10-4-3-9-22(23)25(26,27)28/h3-5,7-10,12-13,15-16,18H,6,11,14H2,1-2H3,(H,31,32)/p-1. The first-order valence-electron chi connectivity index (χ1n) is 10.8. The van der Waals surface area contributed by atoms with Gasteiger partial charge < -0.3 is 9.90 Å². The molecule has 0 bridgehead atoms. The van der Waals surface area contributed by atoms with E-state index in [1.807, 2.05) is 19.1 Å². The zero-order chi connectivity index (χ0) is 25.8. The van der Waals surface area contributed by atoms with Crippen LogP contribution in [0.3, 0.4) is 0 Å². The lowest BCUT2D eigenvalue weighted by atomic mass is 9.98. The molecule has 0 fully saturated rings. The van der Waals surface area contributed by atoms with Crippen molar-refractivity contribution in [1.29, 1.82) is 0 Å². The number of aromatic nitrogens is 1. The molecule has 1 atom stereocenters. The predicted octanol–water partition coefficient (Wildman–Crippen LogP) is 4.36. The molecule has 0 aliphatic heterocycles. The van der Waals surface area contributed by atoms with Crippen LogP contribution in [0.15, 0.2) is 71.9 Å². The number of sulfonamides is 1. The SMILES string of the molecule is Cc1cnccc1-c1cccc(C(C)N(CCCC(=O)[O-])S(=O)(=O)c2ccccc2C(F)(F)F)c1. The smallest absolute Gasteiger partial charge is 0.417 e.